The maximum Gasteiger partial charge on any atom is 0.267 e. The van der Waals surface area contributed by atoms with E-state index < -0.39 is 17.9 Å². The first-order valence-corrected chi connectivity index (χ1v) is 11.7. The summed E-state index contributed by atoms with van der Waals surface area (Å²) < 4.78 is 0. The topological polar surface area (TPSA) is 166 Å². The summed E-state index contributed by atoms with van der Waals surface area (Å²) in [5, 5.41) is 16.9. The average molecular weight is 507 g/mol. The van der Waals surface area contributed by atoms with E-state index in [1.165, 1.54) is 12.4 Å². The lowest BCUT2D eigenvalue weighted by atomic mass is 10.1. The zero-order chi connectivity index (χ0) is 26.8. The smallest absolute Gasteiger partial charge is 0.267 e. The van der Waals surface area contributed by atoms with Crippen LogP contribution in [0.15, 0.2) is 48.5 Å². The van der Waals surface area contributed by atoms with Crippen molar-refractivity contribution in [3.05, 3.63) is 65.2 Å². The number of benzene rings is 2. The van der Waals surface area contributed by atoms with Gasteiger partial charge in [-0.15, -0.1) is 0 Å². The fourth-order valence-electron chi connectivity index (χ4n) is 3.82. The lowest BCUT2D eigenvalue weighted by molar-refractivity contribution is -0.131. The molecule has 0 bridgehead atoms. The summed E-state index contributed by atoms with van der Waals surface area (Å²) in [5.74, 6) is 4.55. The van der Waals surface area contributed by atoms with Crippen LogP contribution in [-0.2, 0) is 14.4 Å². The first kappa shape index (κ1) is 27.3. The summed E-state index contributed by atoms with van der Waals surface area (Å²) in [6, 6.07) is 12.7. The molecule has 0 radical (unpaired) electrons. The molecule has 2 aromatic rings. The van der Waals surface area contributed by atoms with Crippen molar-refractivity contribution in [2.24, 2.45) is 5.73 Å². The van der Waals surface area contributed by atoms with E-state index in [-0.39, 0.29) is 30.9 Å². The first-order valence-electron chi connectivity index (χ1n) is 11.7. The molecule has 11 heteroatoms. The Morgan fingerprint density at radius 2 is 1.68 bits per heavy atom. The third-order valence-electron chi connectivity index (χ3n) is 5.68. The van der Waals surface area contributed by atoms with Crippen LogP contribution in [0.25, 0.3) is 0 Å². The molecule has 1 heterocycles. The summed E-state index contributed by atoms with van der Waals surface area (Å²) in [5.41, 5.74) is 9.31. The summed E-state index contributed by atoms with van der Waals surface area (Å²) in [6.45, 7) is 3.00. The molecule has 1 aliphatic heterocycles. The van der Waals surface area contributed by atoms with E-state index >= 15 is 0 Å². The highest BCUT2D eigenvalue weighted by atomic mass is 16.5. The van der Waals surface area contributed by atoms with Crippen molar-refractivity contribution in [3.63, 3.8) is 0 Å². The van der Waals surface area contributed by atoms with Crippen LogP contribution in [0, 0.1) is 11.8 Å². The monoisotopic (exact) mass is 506 g/mol. The Kier molecular flexibility index (Phi) is 9.74. The summed E-state index contributed by atoms with van der Waals surface area (Å²) in [6.07, 6.45) is 0.828. The van der Waals surface area contributed by atoms with Crippen molar-refractivity contribution in [3.8, 4) is 11.8 Å². The number of carbonyl (C=O) groups excluding carboxylic acids is 4. The highest BCUT2D eigenvalue weighted by Crippen LogP contribution is 2.12. The van der Waals surface area contributed by atoms with Gasteiger partial charge < -0.3 is 21.7 Å². The second-order valence-corrected chi connectivity index (χ2v) is 8.61. The highest BCUT2D eigenvalue weighted by molar-refractivity contribution is 5.97. The van der Waals surface area contributed by atoms with Gasteiger partial charge in [0.15, 0.2) is 0 Å². The number of nitrogens with two attached hydrogens (primary N) is 1. The molecule has 0 spiro atoms. The molecular formula is C26H30N6O5. The fourth-order valence-corrected chi connectivity index (χ4v) is 3.82. The van der Waals surface area contributed by atoms with E-state index in [4.69, 9.17) is 10.9 Å². The van der Waals surface area contributed by atoms with Crippen molar-refractivity contribution in [1.29, 1.82) is 0 Å². The van der Waals surface area contributed by atoms with Crippen LogP contribution in [0.1, 0.15) is 34.8 Å². The number of anilines is 1. The number of hydrogen-bond donors (Lipinski definition) is 6. The Hall–Kier alpha value is -4.24. The van der Waals surface area contributed by atoms with Crippen LogP contribution in [0.2, 0.25) is 0 Å². The van der Waals surface area contributed by atoms with Crippen LogP contribution in [0.4, 0.5) is 5.69 Å². The number of nitrogens with zero attached hydrogens (tertiary/aromatic N) is 1. The molecule has 3 rings (SSSR count). The number of amides is 4. The molecule has 0 unspecified atom stereocenters. The predicted molar refractivity (Wildman–Crippen MR) is 136 cm³/mol. The molecule has 2 aromatic carbocycles. The van der Waals surface area contributed by atoms with Crippen molar-refractivity contribution < 1.29 is 24.4 Å². The van der Waals surface area contributed by atoms with Gasteiger partial charge in [0.25, 0.3) is 11.8 Å². The van der Waals surface area contributed by atoms with E-state index in [1.807, 2.05) is 4.90 Å². The maximum absolute atomic E-state index is 12.4. The SMILES string of the molecule is CC(=O)N[C@@H]1CCN(CC(=O)Nc2ccc(C#Cc3ccc(C(=O)N[C@@H](CN)C(=O)NO)cc3)cc2)C1. The van der Waals surface area contributed by atoms with Crippen molar-refractivity contribution in [2.75, 3.05) is 31.5 Å². The lowest BCUT2D eigenvalue weighted by Gasteiger charge is -2.16. The van der Waals surface area contributed by atoms with Crippen molar-refractivity contribution in [1.82, 2.24) is 21.0 Å². The van der Waals surface area contributed by atoms with E-state index in [0.29, 0.717) is 23.4 Å². The molecular weight excluding hydrogens is 476 g/mol. The number of rotatable bonds is 8. The molecule has 0 aromatic heterocycles. The van der Waals surface area contributed by atoms with Crippen LogP contribution in [0.5, 0.6) is 0 Å². The Morgan fingerprint density at radius 1 is 1.05 bits per heavy atom. The van der Waals surface area contributed by atoms with Gasteiger partial charge in [0.05, 0.1) is 6.54 Å². The zero-order valence-electron chi connectivity index (χ0n) is 20.4. The Morgan fingerprint density at radius 3 is 2.24 bits per heavy atom. The standard InChI is InChI=1S/C26H30N6O5/c1-17(33)28-22-12-13-32(15-22)16-24(34)29-21-10-6-19(7-11-21)3-2-18-4-8-20(9-5-18)25(35)30-23(14-27)26(36)31-37/h4-11,22-23,37H,12-16,27H2,1H3,(H,28,33)(H,29,34)(H,30,35)(H,31,36)/t22-,23+/m1/s1. The number of likely N-dealkylation sites (tertiary alicyclic amines) is 1. The quantitative estimate of drug-likeness (QED) is 0.164. The van der Waals surface area contributed by atoms with Crippen molar-refractivity contribution in [2.45, 2.75) is 25.4 Å². The van der Waals surface area contributed by atoms with E-state index in [2.05, 4.69) is 27.8 Å². The second-order valence-electron chi connectivity index (χ2n) is 8.61. The van der Waals surface area contributed by atoms with E-state index in [9.17, 15) is 19.2 Å². The van der Waals surface area contributed by atoms with Gasteiger partial charge in [-0.3, -0.25) is 29.3 Å². The molecule has 1 aliphatic rings. The summed E-state index contributed by atoms with van der Waals surface area (Å²) in [4.78, 5) is 49.3. The Balaban J connectivity index is 1.50. The van der Waals surface area contributed by atoms with Gasteiger partial charge in [-0.25, -0.2) is 5.48 Å². The molecule has 7 N–H and O–H groups in total. The lowest BCUT2D eigenvalue weighted by Crippen LogP contribution is -2.50. The number of hydroxylamine groups is 1. The normalized spacial score (nSPS) is 15.6. The van der Waals surface area contributed by atoms with Crippen LogP contribution >= 0.6 is 0 Å². The number of carbonyl (C=O) groups is 4. The van der Waals surface area contributed by atoms with Gasteiger partial charge in [-0.1, -0.05) is 11.8 Å². The Bertz CT molecular complexity index is 1190. The molecule has 37 heavy (non-hydrogen) atoms. The largest absolute Gasteiger partial charge is 0.352 e. The fraction of sp³-hybridized carbons (Fsp3) is 0.308. The van der Waals surface area contributed by atoms with Crippen LogP contribution < -0.4 is 27.2 Å². The van der Waals surface area contributed by atoms with Gasteiger partial charge >= 0.3 is 0 Å². The van der Waals surface area contributed by atoms with Crippen molar-refractivity contribution >= 4 is 29.3 Å². The molecule has 0 saturated carbocycles. The summed E-state index contributed by atoms with van der Waals surface area (Å²) >= 11 is 0. The third kappa shape index (κ3) is 8.43. The molecule has 194 valence electrons. The Labute approximate surface area is 214 Å². The van der Waals surface area contributed by atoms with Gasteiger partial charge in [0, 0.05) is 55.0 Å². The van der Waals surface area contributed by atoms with Crippen LogP contribution in [-0.4, -0.2) is 72.0 Å². The molecule has 1 fully saturated rings. The molecule has 1 saturated heterocycles. The molecule has 2 atom stereocenters. The maximum atomic E-state index is 12.4. The average Bonchev–Trinajstić information content (AvgIpc) is 3.32. The molecule has 4 amide bonds. The number of hydrogen-bond acceptors (Lipinski definition) is 7. The van der Waals surface area contributed by atoms with E-state index in [1.54, 1.807) is 48.5 Å². The molecule has 11 nitrogen and oxygen atoms in total. The zero-order valence-corrected chi connectivity index (χ0v) is 20.4. The van der Waals surface area contributed by atoms with Gasteiger partial charge in [-0.2, -0.15) is 0 Å². The second kappa shape index (κ2) is 13.2. The first-order chi connectivity index (χ1) is 17.8. The third-order valence-corrected chi connectivity index (χ3v) is 5.68. The van der Waals surface area contributed by atoms with Gasteiger partial charge in [0.1, 0.15) is 6.04 Å². The minimum Gasteiger partial charge on any atom is -0.352 e. The van der Waals surface area contributed by atoms with Crippen LogP contribution in [0.3, 0.4) is 0 Å². The van der Waals surface area contributed by atoms with Gasteiger partial charge in [-0.05, 0) is 55.0 Å². The predicted octanol–water partition coefficient (Wildman–Crippen LogP) is -0.202. The summed E-state index contributed by atoms with van der Waals surface area (Å²) in [7, 11) is 0. The minimum absolute atomic E-state index is 0.0630. The highest BCUT2D eigenvalue weighted by Gasteiger charge is 2.24. The van der Waals surface area contributed by atoms with Gasteiger partial charge in [0.2, 0.25) is 11.8 Å². The minimum atomic E-state index is -1.05. The number of nitrogens with one attached hydrogen (secondary N) is 4. The molecule has 0 aliphatic carbocycles. The van der Waals surface area contributed by atoms with E-state index in [0.717, 1.165) is 18.5 Å².